The predicted molar refractivity (Wildman–Crippen MR) is 104 cm³/mol. The number of ether oxygens (including phenoxy) is 1. The second-order valence-electron chi connectivity index (χ2n) is 10.3. The molecule has 154 valence electrons. The van der Waals surface area contributed by atoms with Gasteiger partial charge in [0.05, 0.1) is 24.0 Å². The number of fused-ring (bicyclic) bond motifs is 5. The SMILES string of the molecule is CCCO[C@H]1C[C@@]2(C)[C@@H](CC[C@@H]3[C@@H]2[C@@H](O)C[C@]2(C)/C(=N/O)CC[C@@H]32)C[C@@H]1O. The first kappa shape index (κ1) is 19.7. The van der Waals surface area contributed by atoms with Crippen molar-refractivity contribution >= 4 is 5.71 Å². The Morgan fingerprint density at radius 2 is 1.89 bits per heavy atom. The van der Waals surface area contributed by atoms with Crippen molar-refractivity contribution in [2.45, 2.75) is 90.4 Å². The van der Waals surface area contributed by atoms with Gasteiger partial charge in [0.25, 0.3) is 0 Å². The van der Waals surface area contributed by atoms with Crippen LogP contribution >= 0.6 is 0 Å². The Kier molecular flexibility index (Phi) is 5.09. The lowest BCUT2D eigenvalue weighted by Crippen LogP contribution is -2.61. The summed E-state index contributed by atoms with van der Waals surface area (Å²) in [5.74, 6) is 1.69. The molecule has 0 radical (unpaired) electrons. The molecule has 5 nitrogen and oxygen atoms in total. The molecule has 0 aromatic carbocycles. The quantitative estimate of drug-likeness (QED) is 0.517. The third-order valence-electron chi connectivity index (χ3n) is 8.99. The maximum Gasteiger partial charge on any atom is 0.0839 e. The highest BCUT2D eigenvalue weighted by atomic mass is 16.5. The molecule has 3 N–H and O–H groups in total. The first-order chi connectivity index (χ1) is 12.8. The zero-order valence-electron chi connectivity index (χ0n) is 17.1. The maximum absolute atomic E-state index is 11.3. The Balaban J connectivity index is 1.63. The summed E-state index contributed by atoms with van der Waals surface area (Å²) in [5.41, 5.74) is 0.742. The van der Waals surface area contributed by atoms with E-state index in [1.165, 1.54) is 0 Å². The number of hydrogen-bond acceptors (Lipinski definition) is 5. The van der Waals surface area contributed by atoms with Gasteiger partial charge in [0.15, 0.2) is 0 Å². The Labute approximate surface area is 163 Å². The van der Waals surface area contributed by atoms with Crippen LogP contribution in [0.15, 0.2) is 5.16 Å². The van der Waals surface area contributed by atoms with Crippen molar-refractivity contribution in [2.24, 2.45) is 39.7 Å². The van der Waals surface area contributed by atoms with Crippen molar-refractivity contribution in [3.05, 3.63) is 0 Å². The van der Waals surface area contributed by atoms with Crippen molar-refractivity contribution in [2.75, 3.05) is 6.61 Å². The highest BCUT2D eigenvalue weighted by molar-refractivity contribution is 5.92. The minimum absolute atomic E-state index is 0.0143. The Morgan fingerprint density at radius 3 is 2.59 bits per heavy atom. The van der Waals surface area contributed by atoms with Gasteiger partial charge in [-0.05, 0) is 80.5 Å². The molecule has 5 heteroatoms. The van der Waals surface area contributed by atoms with Crippen LogP contribution in [0.4, 0.5) is 0 Å². The van der Waals surface area contributed by atoms with E-state index in [0.29, 0.717) is 30.8 Å². The van der Waals surface area contributed by atoms with Gasteiger partial charge < -0.3 is 20.2 Å². The summed E-state index contributed by atoms with van der Waals surface area (Å²) >= 11 is 0. The van der Waals surface area contributed by atoms with Gasteiger partial charge in [-0.3, -0.25) is 0 Å². The molecule has 0 aliphatic heterocycles. The zero-order chi connectivity index (χ0) is 19.4. The van der Waals surface area contributed by atoms with Gasteiger partial charge in [0.2, 0.25) is 0 Å². The number of hydrogen-bond donors (Lipinski definition) is 3. The summed E-state index contributed by atoms with van der Waals surface area (Å²) in [4.78, 5) is 0. The lowest BCUT2D eigenvalue weighted by Gasteiger charge is -2.62. The van der Waals surface area contributed by atoms with Crippen LogP contribution < -0.4 is 0 Å². The molecule has 0 bridgehead atoms. The Morgan fingerprint density at radius 1 is 1.11 bits per heavy atom. The molecule has 0 heterocycles. The van der Waals surface area contributed by atoms with Gasteiger partial charge in [0, 0.05) is 12.0 Å². The van der Waals surface area contributed by atoms with Crippen LogP contribution in [0.3, 0.4) is 0 Å². The summed E-state index contributed by atoms with van der Waals surface area (Å²) in [6, 6.07) is 0. The van der Waals surface area contributed by atoms with Crippen molar-refractivity contribution in [3.8, 4) is 0 Å². The lowest BCUT2D eigenvalue weighted by molar-refractivity contribution is -0.195. The van der Waals surface area contributed by atoms with E-state index >= 15 is 0 Å². The van der Waals surface area contributed by atoms with Gasteiger partial charge in [-0.2, -0.15) is 0 Å². The van der Waals surface area contributed by atoms with Crippen LogP contribution in [0.25, 0.3) is 0 Å². The van der Waals surface area contributed by atoms with Crippen molar-refractivity contribution in [1.82, 2.24) is 0 Å². The van der Waals surface area contributed by atoms with Crippen LogP contribution in [0.5, 0.6) is 0 Å². The van der Waals surface area contributed by atoms with Gasteiger partial charge in [-0.1, -0.05) is 25.9 Å². The van der Waals surface area contributed by atoms with Crippen LogP contribution in [-0.4, -0.2) is 46.1 Å². The van der Waals surface area contributed by atoms with E-state index in [0.717, 1.165) is 50.7 Å². The molecule has 9 atom stereocenters. The van der Waals surface area contributed by atoms with E-state index in [-0.39, 0.29) is 35.1 Å². The zero-order valence-corrected chi connectivity index (χ0v) is 17.1. The average molecular weight is 380 g/mol. The molecule has 27 heavy (non-hydrogen) atoms. The fourth-order valence-corrected chi connectivity index (χ4v) is 7.77. The first-order valence-corrected chi connectivity index (χ1v) is 11.0. The van der Waals surface area contributed by atoms with E-state index in [1.807, 2.05) is 0 Å². The first-order valence-electron chi connectivity index (χ1n) is 11.0. The number of aliphatic hydroxyl groups excluding tert-OH is 2. The minimum Gasteiger partial charge on any atom is -0.411 e. The van der Waals surface area contributed by atoms with Gasteiger partial charge in [-0.25, -0.2) is 0 Å². The molecule has 4 fully saturated rings. The van der Waals surface area contributed by atoms with Crippen LogP contribution in [0.1, 0.15) is 72.1 Å². The number of nitrogens with zero attached hydrogens (tertiary/aromatic N) is 1. The molecule has 0 aromatic heterocycles. The van der Waals surface area contributed by atoms with Crippen LogP contribution in [-0.2, 0) is 4.74 Å². The van der Waals surface area contributed by atoms with Gasteiger partial charge in [-0.15, -0.1) is 0 Å². The molecular weight excluding hydrogens is 342 g/mol. The molecule has 0 saturated heterocycles. The van der Waals surface area contributed by atoms with Crippen LogP contribution in [0.2, 0.25) is 0 Å². The molecular formula is C22H37NO4. The molecule has 4 rings (SSSR count). The summed E-state index contributed by atoms with van der Waals surface area (Å²) in [6.07, 6.45) is 6.62. The minimum atomic E-state index is -0.378. The summed E-state index contributed by atoms with van der Waals surface area (Å²) in [7, 11) is 0. The highest BCUT2D eigenvalue weighted by Gasteiger charge is 2.63. The van der Waals surface area contributed by atoms with Crippen LogP contribution in [0, 0.1) is 34.5 Å². The fraction of sp³-hybridized carbons (Fsp3) is 0.955. The van der Waals surface area contributed by atoms with E-state index in [9.17, 15) is 15.4 Å². The summed E-state index contributed by atoms with van der Waals surface area (Å²) < 4.78 is 6.03. The number of aliphatic hydroxyl groups is 2. The standard InChI is InChI=1S/C22H37NO4/c1-4-9-27-18-12-21(2)13(10-16(18)24)5-6-14-15-7-8-19(23-26)22(15,3)11-17(25)20(14)21/h13-18,20,24-26H,4-12H2,1-3H3/b23-19+/t13-,14-,15-,16-,17-,18-,20+,21-,22-/m0/s1. The largest absolute Gasteiger partial charge is 0.411 e. The molecule has 4 aliphatic carbocycles. The number of rotatable bonds is 3. The third-order valence-corrected chi connectivity index (χ3v) is 8.99. The molecule has 0 spiro atoms. The summed E-state index contributed by atoms with van der Waals surface area (Å²) in [6.45, 7) is 7.34. The topological polar surface area (TPSA) is 82.3 Å². The fourth-order valence-electron chi connectivity index (χ4n) is 7.77. The monoisotopic (exact) mass is 379 g/mol. The summed E-state index contributed by atoms with van der Waals surface area (Å²) in [5, 5.41) is 35.1. The highest BCUT2D eigenvalue weighted by Crippen LogP contribution is 2.65. The van der Waals surface area contributed by atoms with E-state index in [4.69, 9.17) is 4.74 Å². The second kappa shape index (κ2) is 7.00. The predicted octanol–water partition coefficient (Wildman–Crippen LogP) is 3.60. The van der Waals surface area contributed by atoms with Crippen molar-refractivity contribution in [3.63, 3.8) is 0 Å². The lowest BCUT2D eigenvalue weighted by atomic mass is 9.44. The van der Waals surface area contributed by atoms with Gasteiger partial charge in [0.1, 0.15) is 0 Å². The van der Waals surface area contributed by atoms with Crippen molar-refractivity contribution in [1.29, 1.82) is 0 Å². The van der Waals surface area contributed by atoms with E-state index in [2.05, 4.69) is 25.9 Å². The maximum atomic E-state index is 11.3. The molecule has 0 amide bonds. The Hall–Kier alpha value is -0.650. The van der Waals surface area contributed by atoms with Gasteiger partial charge >= 0.3 is 0 Å². The third kappa shape index (κ3) is 2.87. The molecule has 4 aliphatic rings. The second-order valence-corrected chi connectivity index (χ2v) is 10.3. The Bertz CT molecular complexity index is 595. The van der Waals surface area contributed by atoms with E-state index < -0.39 is 0 Å². The smallest absolute Gasteiger partial charge is 0.0839 e. The molecule has 0 unspecified atom stereocenters. The molecule has 0 aromatic rings. The van der Waals surface area contributed by atoms with E-state index in [1.54, 1.807) is 0 Å². The number of oxime groups is 1. The normalized spacial score (nSPS) is 53.7. The molecule has 4 saturated carbocycles. The average Bonchev–Trinajstić information content (AvgIpc) is 2.95. The van der Waals surface area contributed by atoms with Crippen molar-refractivity contribution < 1.29 is 20.2 Å².